The first-order chi connectivity index (χ1) is 4.83. The Labute approximate surface area is 67.0 Å². The van der Waals surface area contributed by atoms with Crippen LogP contribution in [0.3, 0.4) is 0 Å². The van der Waals surface area contributed by atoms with Gasteiger partial charge in [-0.3, -0.25) is 0 Å². The molecule has 1 aliphatic rings. The molecular weight excluding hydrogens is 148 g/mol. The second-order valence-corrected chi connectivity index (χ2v) is 3.23. The van der Waals surface area contributed by atoms with Crippen molar-refractivity contribution in [1.29, 1.82) is 0 Å². The van der Waals surface area contributed by atoms with Gasteiger partial charge in [0.25, 0.3) is 0 Å². The molecule has 58 valence electrons. The van der Waals surface area contributed by atoms with E-state index in [-0.39, 0.29) is 5.38 Å². The van der Waals surface area contributed by atoms with Crippen LogP contribution in [-0.2, 0) is 4.74 Å². The summed E-state index contributed by atoms with van der Waals surface area (Å²) in [6.45, 7) is 0.753. The zero-order chi connectivity index (χ0) is 7.40. The van der Waals surface area contributed by atoms with Gasteiger partial charge in [-0.15, -0.1) is 11.6 Å². The molecular formula is C8H13ClO. The van der Waals surface area contributed by atoms with Crippen LogP contribution in [0.15, 0.2) is 11.6 Å². The van der Waals surface area contributed by atoms with Crippen molar-refractivity contribution in [3.63, 3.8) is 0 Å². The Balaban J connectivity index is 2.41. The highest BCUT2D eigenvalue weighted by atomic mass is 35.5. The molecule has 2 heteroatoms. The van der Waals surface area contributed by atoms with Crippen molar-refractivity contribution >= 4 is 11.6 Å². The summed E-state index contributed by atoms with van der Waals surface area (Å²) >= 11 is 5.92. The lowest BCUT2D eigenvalue weighted by molar-refractivity contribution is 0.221. The standard InChI is InChI=1S/C8H13ClO/c1-10-6-7-3-2-4-8(9)5-7/h5,8H,2-4,6H2,1H3. The van der Waals surface area contributed by atoms with Gasteiger partial charge in [0.2, 0.25) is 0 Å². The maximum Gasteiger partial charge on any atom is 0.0673 e. The number of hydrogen-bond donors (Lipinski definition) is 0. The lowest BCUT2D eigenvalue weighted by atomic mass is 10.00. The molecule has 0 amide bonds. The molecule has 0 spiro atoms. The molecule has 10 heavy (non-hydrogen) atoms. The summed E-state index contributed by atoms with van der Waals surface area (Å²) in [7, 11) is 1.72. The first-order valence-electron chi connectivity index (χ1n) is 3.65. The molecule has 0 saturated carbocycles. The number of halogens is 1. The Morgan fingerprint density at radius 1 is 1.80 bits per heavy atom. The first-order valence-corrected chi connectivity index (χ1v) is 4.09. The topological polar surface area (TPSA) is 9.23 Å². The maximum atomic E-state index is 5.92. The number of allylic oxidation sites excluding steroid dienone is 1. The van der Waals surface area contributed by atoms with Crippen LogP contribution < -0.4 is 0 Å². The van der Waals surface area contributed by atoms with E-state index in [0.29, 0.717) is 0 Å². The Morgan fingerprint density at radius 2 is 2.60 bits per heavy atom. The average Bonchev–Trinajstić information content (AvgIpc) is 1.88. The molecule has 0 radical (unpaired) electrons. The van der Waals surface area contributed by atoms with Crippen LogP contribution in [0.2, 0.25) is 0 Å². The van der Waals surface area contributed by atoms with E-state index in [9.17, 15) is 0 Å². The highest BCUT2D eigenvalue weighted by molar-refractivity contribution is 6.21. The van der Waals surface area contributed by atoms with Crippen molar-refractivity contribution < 1.29 is 4.74 Å². The fourth-order valence-electron chi connectivity index (χ4n) is 1.25. The molecule has 1 unspecified atom stereocenters. The van der Waals surface area contributed by atoms with E-state index in [1.807, 2.05) is 0 Å². The molecule has 0 fully saturated rings. The molecule has 1 nitrogen and oxygen atoms in total. The first kappa shape index (κ1) is 8.09. The molecule has 0 saturated heterocycles. The molecule has 0 aromatic rings. The fourth-order valence-corrected chi connectivity index (χ4v) is 1.58. The highest BCUT2D eigenvalue weighted by Gasteiger charge is 2.09. The molecule has 1 rings (SSSR count). The van der Waals surface area contributed by atoms with Crippen molar-refractivity contribution in [2.75, 3.05) is 13.7 Å². The SMILES string of the molecule is COCC1=CC(Cl)CCC1. The number of alkyl halides is 1. The van der Waals surface area contributed by atoms with Crippen LogP contribution in [0.25, 0.3) is 0 Å². The molecule has 0 aromatic heterocycles. The number of rotatable bonds is 2. The van der Waals surface area contributed by atoms with Crippen molar-refractivity contribution in [1.82, 2.24) is 0 Å². The van der Waals surface area contributed by atoms with E-state index in [1.165, 1.54) is 12.0 Å². The molecule has 0 heterocycles. The molecule has 0 N–H and O–H groups in total. The Morgan fingerprint density at radius 3 is 3.20 bits per heavy atom. The summed E-state index contributed by atoms with van der Waals surface area (Å²) in [5.41, 5.74) is 1.36. The molecule has 0 aromatic carbocycles. The minimum atomic E-state index is 0.249. The number of methoxy groups -OCH3 is 1. The molecule has 1 atom stereocenters. The van der Waals surface area contributed by atoms with Gasteiger partial charge in [0.15, 0.2) is 0 Å². The average molecular weight is 161 g/mol. The summed E-state index contributed by atoms with van der Waals surface area (Å²) in [6, 6.07) is 0. The monoisotopic (exact) mass is 160 g/mol. The van der Waals surface area contributed by atoms with Crippen molar-refractivity contribution in [3.05, 3.63) is 11.6 Å². The quantitative estimate of drug-likeness (QED) is 0.445. The van der Waals surface area contributed by atoms with Gasteiger partial charge in [-0.25, -0.2) is 0 Å². The Kier molecular flexibility index (Phi) is 3.23. The molecule has 0 aliphatic heterocycles. The molecule has 1 aliphatic carbocycles. The summed E-state index contributed by atoms with van der Waals surface area (Å²) in [4.78, 5) is 0. The summed E-state index contributed by atoms with van der Waals surface area (Å²) in [5, 5.41) is 0.249. The summed E-state index contributed by atoms with van der Waals surface area (Å²) in [5.74, 6) is 0. The smallest absolute Gasteiger partial charge is 0.0673 e. The van der Waals surface area contributed by atoms with Crippen molar-refractivity contribution in [3.8, 4) is 0 Å². The fraction of sp³-hybridized carbons (Fsp3) is 0.750. The van der Waals surface area contributed by atoms with E-state index < -0.39 is 0 Å². The van der Waals surface area contributed by atoms with Crippen LogP contribution in [0.5, 0.6) is 0 Å². The van der Waals surface area contributed by atoms with Gasteiger partial charge in [0.1, 0.15) is 0 Å². The van der Waals surface area contributed by atoms with Gasteiger partial charge in [0.05, 0.1) is 12.0 Å². The summed E-state index contributed by atoms with van der Waals surface area (Å²) in [6.07, 6.45) is 5.61. The lowest BCUT2D eigenvalue weighted by Crippen LogP contribution is -2.06. The minimum Gasteiger partial charge on any atom is -0.380 e. The third-order valence-electron chi connectivity index (χ3n) is 1.72. The maximum absolute atomic E-state index is 5.92. The van der Waals surface area contributed by atoms with Crippen LogP contribution in [0, 0.1) is 0 Å². The van der Waals surface area contributed by atoms with E-state index in [2.05, 4.69) is 6.08 Å². The van der Waals surface area contributed by atoms with Gasteiger partial charge in [-0.2, -0.15) is 0 Å². The minimum absolute atomic E-state index is 0.249. The van der Waals surface area contributed by atoms with Crippen LogP contribution in [0.4, 0.5) is 0 Å². The largest absolute Gasteiger partial charge is 0.380 e. The van der Waals surface area contributed by atoms with Crippen molar-refractivity contribution in [2.24, 2.45) is 0 Å². The second kappa shape index (κ2) is 3.99. The molecule has 0 bridgehead atoms. The zero-order valence-electron chi connectivity index (χ0n) is 6.27. The van der Waals surface area contributed by atoms with Crippen LogP contribution in [0.1, 0.15) is 19.3 Å². The van der Waals surface area contributed by atoms with Gasteiger partial charge >= 0.3 is 0 Å². The lowest BCUT2D eigenvalue weighted by Gasteiger charge is -2.15. The predicted molar refractivity (Wildman–Crippen MR) is 43.5 cm³/mol. The Hall–Kier alpha value is -0.0100. The van der Waals surface area contributed by atoms with Crippen molar-refractivity contribution in [2.45, 2.75) is 24.6 Å². The third-order valence-corrected chi connectivity index (χ3v) is 2.07. The normalized spacial score (nSPS) is 26.2. The van der Waals surface area contributed by atoms with Gasteiger partial charge < -0.3 is 4.74 Å². The highest BCUT2D eigenvalue weighted by Crippen LogP contribution is 2.21. The van der Waals surface area contributed by atoms with Gasteiger partial charge in [-0.05, 0) is 24.8 Å². The third kappa shape index (κ3) is 2.31. The number of hydrogen-bond acceptors (Lipinski definition) is 1. The van der Waals surface area contributed by atoms with E-state index in [4.69, 9.17) is 16.3 Å². The van der Waals surface area contributed by atoms with Gasteiger partial charge in [0, 0.05) is 7.11 Å². The number of ether oxygens (including phenoxy) is 1. The second-order valence-electron chi connectivity index (χ2n) is 2.67. The zero-order valence-corrected chi connectivity index (χ0v) is 7.03. The Bertz CT molecular complexity index is 131. The van der Waals surface area contributed by atoms with E-state index in [0.717, 1.165) is 19.4 Å². The van der Waals surface area contributed by atoms with E-state index >= 15 is 0 Å². The van der Waals surface area contributed by atoms with E-state index in [1.54, 1.807) is 7.11 Å². The summed E-state index contributed by atoms with van der Waals surface area (Å²) < 4.78 is 5.00. The van der Waals surface area contributed by atoms with Gasteiger partial charge in [-0.1, -0.05) is 6.08 Å². The van der Waals surface area contributed by atoms with Crippen LogP contribution in [-0.4, -0.2) is 19.1 Å². The predicted octanol–water partition coefficient (Wildman–Crippen LogP) is 2.35. The van der Waals surface area contributed by atoms with Crippen LogP contribution >= 0.6 is 11.6 Å².